The van der Waals surface area contributed by atoms with Crippen LogP contribution in [-0.2, 0) is 4.79 Å². The number of benzene rings is 1. The summed E-state index contributed by atoms with van der Waals surface area (Å²) in [6.45, 7) is 4.54. The van der Waals surface area contributed by atoms with Crippen molar-refractivity contribution in [2.24, 2.45) is 10.9 Å². The molecule has 1 fully saturated rings. The lowest BCUT2D eigenvalue weighted by atomic mass is 9.93. The molecule has 0 aliphatic carbocycles. The molecule has 1 unspecified atom stereocenters. The fourth-order valence-electron chi connectivity index (χ4n) is 3.08. The maximum absolute atomic E-state index is 11.5. The number of nitrogens with one attached hydrogen (secondary N) is 2. The maximum Gasteiger partial charge on any atom is 0.220 e. The van der Waals surface area contributed by atoms with Crippen LogP contribution >= 0.6 is 15.9 Å². The molecule has 1 aromatic carbocycles. The van der Waals surface area contributed by atoms with Gasteiger partial charge in [-0.15, -0.1) is 0 Å². The largest absolute Gasteiger partial charge is 0.488 e. The smallest absolute Gasteiger partial charge is 0.220 e. The monoisotopic (exact) mass is 424 g/mol. The van der Waals surface area contributed by atoms with Crippen LogP contribution in [0.25, 0.3) is 0 Å². The average molecular weight is 425 g/mol. The number of carbonyl (C=O) groups is 1. The number of guanidine groups is 1. The van der Waals surface area contributed by atoms with Crippen molar-refractivity contribution < 1.29 is 9.53 Å². The third kappa shape index (κ3) is 6.20. The number of amides is 1. The molecule has 1 aliphatic rings. The molecule has 2 N–H and O–H groups in total. The van der Waals surface area contributed by atoms with Crippen LogP contribution in [0.15, 0.2) is 33.7 Å². The van der Waals surface area contributed by atoms with E-state index in [-0.39, 0.29) is 12.0 Å². The second-order valence-electron chi connectivity index (χ2n) is 6.59. The van der Waals surface area contributed by atoms with Gasteiger partial charge in [-0.05, 0) is 53.7 Å². The normalized spacial score (nSPS) is 16.9. The Morgan fingerprint density at radius 1 is 1.38 bits per heavy atom. The van der Waals surface area contributed by atoms with E-state index in [1.807, 2.05) is 31.2 Å². The Morgan fingerprint density at radius 3 is 2.69 bits per heavy atom. The Morgan fingerprint density at radius 2 is 2.08 bits per heavy atom. The summed E-state index contributed by atoms with van der Waals surface area (Å²) < 4.78 is 6.93. The number of rotatable bonds is 6. The van der Waals surface area contributed by atoms with Crippen LogP contribution in [0.5, 0.6) is 5.75 Å². The lowest BCUT2D eigenvalue weighted by Gasteiger charge is -2.34. The quantitative estimate of drug-likeness (QED) is 0.543. The third-order valence-electron chi connectivity index (χ3n) is 4.59. The molecule has 1 aromatic rings. The van der Waals surface area contributed by atoms with E-state index >= 15 is 0 Å². The van der Waals surface area contributed by atoms with E-state index in [1.54, 1.807) is 14.1 Å². The summed E-state index contributed by atoms with van der Waals surface area (Å²) >= 11 is 3.50. The van der Waals surface area contributed by atoms with Crippen LogP contribution in [0.3, 0.4) is 0 Å². The topological polar surface area (TPSA) is 66.0 Å². The first-order chi connectivity index (χ1) is 12.5. The van der Waals surface area contributed by atoms with Crippen LogP contribution in [0, 0.1) is 5.92 Å². The zero-order valence-corrected chi connectivity index (χ0v) is 17.4. The standard InChI is InChI=1S/C19H29BrN4O2/c1-14(26-17-7-5-4-6-16(17)20)13-23-19(22-3)24-10-8-15(9-11-24)12-18(25)21-2/h4-7,14-15H,8-13H2,1-3H3,(H,21,25)(H,22,23). The van der Waals surface area contributed by atoms with E-state index in [0.717, 1.165) is 42.1 Å². The molecular formula is C19H29BrN4O2. The maximum atomic E-state index is 11.5. The van der Waals surface area contributed by atoms with Gasteiger partial charge in [-0.1, -0.05) is 12.1 Å². The van der Waals surface area contributed by atoms with Gasteiger partial charge >= 0.3 is 0 Å². The zero-order chi connectivity index (χ0) is 18.9. The number of likely N-dealkylation sites (tertiary alicyclic amines) is 1. The molecule has 7 heteroatoms. The number of halogens is 1. The SMILES string of the molecule is CN=C(NCC(C)Oc1ccccc1Br)N1CCC(CC(=O)NC)CC1. The van der Waals surface area contributed by atoms with Gasteiger partial charge < -0.3 is 20.3 Å². The van der Waals surface area contributed by atoms with Crippen molar-refractivity contribution in [3.05, 3.63) is 28.7 Å². The number of hydrogen-bond acceptors (Lipinski definition) is 3. The average Bonchev–Trinajstić information content (AvgIpc) is 2.65. The summed E-state index contributed by atoms with van der Waals surface area (Å²) in [4.78, 5) is 18.2. The Kier molecular flexibility index (Phi) is 8.22. The highest BCUT2D eigenvalue weighted by molar-refractivity contribution is 9.10. The summed E-state index contributed by atoms with van der Waals surface area (Å²) in [5.41, 5.74) is 0. The summed E-state index contributed by atoms with van der Waals surface area (Å²) in [5.74, 6) is 2.32. The van der Waals surface area contributed by atoms with E-state index in [9.17, 15) is 4.79 Å². The highest BCUT2D eigenvalue weighted by Gasteiger charge is 2.23. The minimum Gasteiger partial charge on any atom is -0.488 e. The molecule has 144 valence electrons. The molecule has 1 atom stereocenters. The molecule has 1 amide bonds. The lowest BCUT2D eigenvalue weighted by molar-refractivity contribution is -0.121. The first kappa shape index (κ1) is 20.6. The Hall–Kier alpha value is -1.76. The van der Waals surface area contributed by atoms with Gasteiger partial charge in [0.1, 0.15) is 11.9 Å². The highest BCUT2D eigenvalue weighted by Crippen LogP contribution is 2.24. The van der Waals surface area contributed by atoms with Crippen molar-refractivity contribution >= 4 is 27.8 Å². The molecule has 0 radical (unpaired) electrons. The Balaban J connectivity index is 1.77. The van der Waals surface area contributed by atoms with Gasteiger partial charge in [0.25, 0.3) is 0 Å². The predicted octanol–water partition coefficient (Wildman–Crippen LogP) is 2.64. The van der Waals surface area contributed by atoms with Crippen molar-refractivity contribution in [3.8, 4) is 5.75 Å². The molecule has 1 heterocycles. The molecule has 1 aliphatic heterocycles. The molecule has 6 nitrogen and oxygen atoms in total. The number of carbonyl (C=O) groups excluding carboxylic acids is 1. The lowest BCUT2D eigenvalue weighted by Crippen LogP contribution is -2.48. The van der Waals surface area contributed by atoms with Crippen LogP contribution in [0.4, 0.5) is 0 Å². The number of para-hydroxylation sites is 1. The minimum absolute atomic E-state index is 0.0104. The first-order valence-electron chi connectivity index (χ1n) is 9.10. The number of piperidine rings is 1. The van der Waals surface area contributed by atoms with Crippen molar-refractivity contribution in [3.63, 3.8) is 0 Å². The number of ether oxygens (including phenoxy) is 1. The second-order valence-corrected chi connectivity index (χ2v) is 7.45. The molecular weight excluding hydrogens is 396 g/mol. The second kappa shape index (κ2) is 10.4. The molecule has 0 aromatic heterocycles. The number of hydrogen-bond donors (Lipinski definition) is 2. The van der Waals surface area contributed by atoms with Crippen molar-refractivity contribution in [2.45, 2.75) is 32.3 Å². The fourth-order valence-corrected chi connectivity index (χ4v) is 3.46. The van der Waals surface area contributed by atoms with E-state index < -0.39 is 0 Å². The van der Waals surface area contributed by atoms with E-state index in [0.29, 0.717) is 18.9 Å². The summed E-state index contributed by atoms with van der Waals surface area (Å²) in [5, 5.41) is 6.11. The Labute approximate surface area is 164 Å². The van der Waals surface area contributed by atoms with Crippen LogP contribution < -0.4 is 15.4 Å². The minimum atomic E-state index is 0.0104. The van der Waals surface area contributed by atoms with E-state index in [1.165, 1.54) is 0 Å². The molecule has 26 heavy (non-hydrogen) atoms. The highest BCUT2D eigenvalue weighted by atomic mass is 79.9. The summed E-state index contributed by atoms with van der Waals surface area (Å²) in [6.07, 6.45) is 2.65. The van der Waals surface area contributed by atoms with Gasteiger partial charge in [-0.3, -0.25) is 9.79 Å². The summed E-state index contributed by atoms with van der Waals surface area (Å²) in [7, 11) is 3.50. The van der Waals surface area contributed by atoms with Crippen molar-refractivity contribution in [2.75, 3.05) is 33.7 Å². The number of nitrogens with zero attached hydrogens (tertiary/aromatic N) is 2. The van der Waals surface area contributed by atoms with E-state index in [4.69, 9.17) is 4.74 Å². The van der Waals surface area contributed by atoms with Crippen LogP contribution in [-0.4, -0.2) is 56.6 Å². The molecule has 0 saturated carbocycles. The van der Waals surface area contributed by atoms with Gasteiger partial charge in [0.05, 0.1) is 11.0 Å². The molecule has 1 saturated heterocycles. The van der Waals surface area contributed by atoms with Gasteiger partial charge in [-0.2, -0.15) is 0 Å². The van der Waals surface area contributed by atoms with Crippen LogP contribution in [0.1, 0.15) is 26.2 Å². The van der Waals surface area contributed by atoms with Gasteiger partial charge in [0.2, 0.25) is 5.91 Å². The van der Waals surface area contributed by atoms with E-state index in [2.05, 4.69) is 36.5 Å². The van der Waals surface area contributed by atoms with Crippen LogP contribution in [0.2, 0.25) is 0 Å². The van der Waals surface area contributed by atoms with Crippen molar-refractivity contribution in [1.29, 1.82) is 0 Å². The third-order valence-corrected chi connectivity index (χ3v) is 5.25. The first-order valence-corrected chi connectivity index (χ1v) is 9.90. The van der Waals surface area contributed by atoms with Crippen molar-refractivity contribution in [1.82, 2.24) is 15.5 Å². The zero-order valence-electron chi connectivity index (χ0n) is 15.8. The summed E-state index contributed by atoms with van der Waals surface area (Å²) in [6, 6.07) is 7.85. The molecule has 0 bridgehead atoms. The molecule has 0 spiro atoms. The molecule has 2 rings (SSSR count). The van der Waals surface area contributed by atoms with Gasteiger partial charge in [0.15, 0.2) is 5.96 Å². The fraction of sp³-hybridized carbons (Fsp3) is 0.579. The number of aliphatic imine (C=N–C) groups is 1. The van der Waals surface area contributed by atoms with Gasteiger partial charge in [0, 0.05) is 33.6 Å². The Bertz CT molecular complexity index is 615. The predicted molar refractivity (Wildman–Crippen MR) is 109 cm³/mol. The van der Waals surface area contributed by atoms with Gasteiger partial charge in [-0.25, -0.2) is 0 Å².